The molecule has 0 N–H and O–H groups in total. The summed E-state index contributed by atoms with van der Waals surface area (Å²) in [6, 6.07) is 7.05. The third-order valence-electron chi connectivity index (χ3n) is 5.19. The third kappa shape index (κ3) is 5.22. The van der Waals surface area contributed by atoms with Crippen LogP contribution in [0, 0.1) is 11.8 Å². The summed E-state index contributed by atoms with van der Waals surface area (Å²) in [5.74, 6) is 0.972. The Bertz CT molecular complexity index is 994. The van der Waals surface area contributed by atoms with Crippen molar-refractivity contribution in [1.29, 1.82) is 0 Å². The Kier molecular flexibility index (Phi) is 6.85. The van der Waals surface area contributed by atoms with Crippen LogP contribution in [0.1, 0.15) is 44.9 Å². The molecule has 1 aromatic heterocycles. The topological polar surface area (TPSA) is 81.5 Å². The Morgan fingerprint density at radius 1 is 1.33 bits per heavy atom. The number of amides is 1. The lowest BCUT2D eigenvalue weighted by molar-refractivity contribution is -0.133. The number of hydrogen-bond acceptors (Lipinski definition) is 5. The van der Waals surface area contributed by atoms with E-state index in [0.717, 1.165) is 18.5 Å². The molecule has 1 fully saturated rings. The fourth-order valence-electron chi connectivity index (χ4n) is 3.50. The molecule has 1 aromatic carbocycles. The highest BCUT2D eigenvalue weighted by Gasteiger charge is 2.33. The SMILES string of the molecule is CCN(Cc1cnc(S(=O)(=O)Cc2cccc(OC)c2)n1CC(C)C)C(=O)C1CC1. The summed E-state index contributed by atoms with van der Waals surface area (Å²) in [4.78, 5) is 18.6. The molecular formula is C22H31N3O4S. The number of methoxy groups -OCH3 is 1. The molecule has 1 heterocycles. The van der Waals surface area contributed by atoms with Crippen LogP contribution in [0.3, 0.4) is 0 Å². The first-order valence-corrected chi connectivity index (χ1v) is 12.1. The quantitative estimate of drug-likeness (QED) is 0.574. The molecule has 1 aliphatic rings. The van der Waals surface area contributed by atoms with E-state index in [1.165, 1.54) is 0 Å². The number of ether oxygens (including phenoxy) is 1. The van der Waals surface area contributed by atoms with E-state index < -0.39 is 9.84 Å². The first-order valence-electron chi connectivity index (χ1n) is 10.4. The molecule has 0 atom stereocenters. The summed E-state index contributed by atoms with van der Waals surface area (Å²) >= 11 is 0. The smallest absolute Gasteiger partial charge is 0.228 e. The van der Waals surface area contributed by atoms with Gasteiger partial charge in [-0.1, -0.05) is 26.0 Å². The van der Waals surface area contributed by atoms with Gasteiger partial charge in [0.15, 0.2) is 0 Å². The van der Waals surface area contributed by atoms with Gasteiger partial charge in [0, 0.05) is 19.0 Å². The van der Waals surface area contributed by atoms with Gasteiger partial charge in [-0.3, -0.25) is 4.79 Å². The molecule has 2 aromatic rings. The average Bonchev–Trinajstić information content (AvgIpc) is 3.47. The molecular weight excluding hydrogens is 402 g/mol. The van der Waals surface area contributed by atoms with Crippen LogP contribution >= 0.6 is 0 Å². The summed E-state index contributed by atoms with van der Waals surface area (Å²) in [6.07, 6.45) is 3.49. The van der Waals surface area contributed by atoms with E-state index in [2.05, 4.69) is 4.98 Å². The van der Waals surface area contributed by atoms with Gasteiger partial charge in [-0.25, -0.2) is 13.4 Å². The van der Waals surface area contributed by atoms with Crippen LogP contribution in [0.15, 0.2) is 35.6 Å². The number of imidazole rings is 1. The van der Waals surface area contributed by atoms with Crippen LogP contribution in [0.25, 0.3) is 0 Å². The summed E-state index contributed by atoms with van der Waals surface area (Å²) < 4.78 is 33.4. The van der Waals surface area contributed by atoms with Gasteiger partial charge in [-0.15, -0.1) is 0 Å². The molecule has 8 heteroatoms. The predicted molar refractivity (Wildman–Crippen MR) is 115 cm³/mol. The lowest BCUT2D eigenvalue weighted by Crippen LogP contribution is -2.32. The predicted octanol–water partition coefficient (Wildman–Crippen LogP) is 3.28. The number of hydrogen-bond donors (Lipinski definition) is 0. The molecule has 0 radical (unpaired) electrons. The summed E-state index contributed by atoms with van der Waals surface area (Å²) in [6.45, 7) is 7.51. The Morgan fingerprint density at radius 2 is 2.07 bits per heavy atom. The molecule has 1 aliphatic carbocycles. The van der Waals surface area contributed by atoms with E-state index in [-0.39, 0.29) is 28.7 Å². The number of carbonyl (C=O) groups excluding carboxylic acids is 1. The number of aromatic nitrogens is 2. The molecule has 164 valence electrons. The van der Waals surface area contributed by atoms with Gasteiger partial charge in [0.25, 0.3) is 0 Å². The first-order chi connectivity index (χ1) is 14.2. The second kappa shape index (κ2) is 9.20. The molecule has 3 rings (SSSR count). The van der Waals surface area contributed by atoms with Crippen molar-refractivity contribution in [2.45, 2.75) is 57.6 Å². The summed E-state index contributed by atoms with van der Waals surface area (Å²) in [7, 11) is -2.11. The van der Waals surface area contributed by atoms with Crippen molar-refractivity contribution in [3.63, 3.8) is 0 Å². The van der Waals surface area contributed by atoms with E-state index >= 15 is 0 Å². The lowest BCUT2D eigenvalue weighted by atomic mass is 10.2. The van der Waals surface area contributed by atoms with Gasteiger partial charge < -0.3 is 14.2 Å². The van der Waals surface area contributed by atoms with Crippen molar-refractivity contribution < 1.29 is 17.9 Å². The highest BCUT2D eigenvalue weighted by atomic mass is 32.2. The number of benzene rings is 1. The van der Waals surface area contributed by atoms with Crippen molar-refractivity contribution in [1.82, 2.24) is 14.5 Å². The summed E-state index contributed by atoms with van der Waals surface area (Å²) in [5, 5.41) is 0.0592. The number of sulfone groups is 1. The normalized spacial score (nSPS) is 14.2. The largest absolute Gasteiger partial charge is 0.497 e. The summed E-state index contributed by atoms with van der Waals surface area (Å²) in [5.41, 5.74) is 1.40. The maximum atomic E-state index is 13.2. The van der Waals surface area contributed by atoms with Crippen molar-refractivity contribution in [2.24, 2.45) is 11.8 Å². The molecule has 0 saturated heterocycles. The Hall–Kier alpha value is -2.35. The minimum absolute atomic E-state index is 0.0592. The minimum atomic E-state index is -3.67. The van der Waals surface area contributed by atoms with E-state index in [9.17, 15) is 13.2 Å². The molecule has 0 spiro atoms. The minimum Gasteiger partial charge on any atom is -0.497 e. The van der Waals surface area contributed by atoms with E-state index in [1.807, 2.05) is 20.8 Å². The van der Waals surface area contributed by atoms with Crippen LogP contribution in [-0.4, -0.2) is 42.4 Å². The van der Waals surface area contributed by atoms with Gasteiger partial charge >= 0.3 is 0 Å². The zero-order chi connectivity index (χ0) is 21.9. The highest BCUT2D eigenvalue weighted by molar-refractivity contribution is 7.90. The molecule has 0 unspecified atom stereocenters. The molecule has 7 nitrogen and oxygen atoms in total. The molecule has 0 aliphatic heterocycles. The van der Waals surface area contributed by atoms with Crippen molar-refractivity contribution in [2.75, 3.05) is 13.7 Å². The lowest BCUT2D eigenvalue weighted by Gasteiger charge is -2.22. The molecule has 30 heavy (non-hydrogen) atoms. The Balaban J connectivity index is 1.90. The zero-order valence-electron chi connectivity index (χ0n) is 18.2. The first kappa shape index (κ1) is 22.3. The third-order valence-corrected chi connectivity index (χ3v) is 6.79. The molecule has 1 amide bonds. The van der Waals surface area contributed by atoms with Crippen molar-refractivity contribution in [3.8, 4) is 5.75 Å². The highest BCUT2D eigenvalue weighted by Crippen LogP contribution is 2.31. The van der Waals surface area contributed by atoms with Crippen LogP contribution in [-0.2, 0) is 33.5 Å². The van der Waals surface area contributed by atoms with Crippen LogP contribution < -0.4 is 4.74 Å². The molecule has 0 bridgehead atoms. The van der Waals surface area contributed by atoms with Gasteiger partial charge in [0.1, 0.15) is 5.75 Å². The zero-order valence-corrected chi connectivity index (χ0v) is 19.0. The Morgan fingerprint density at radius 3 is 2.67 bits per heavy atom. The molecule has 1 saturated carbocycles. The van der Waals surface area contributed by atoms with E-state index in [4.69, 9.17) is 4.74 Å². The van der Waals surface area contributed by atoms with Gasteiger partial charge in [-0.2, -0.15) is 0 Å². The standard InChI is InChI=1S/C22H31N3O4S/c1-5-24(21(26)18-9-10-18)14-19-12-23-22(25(19)13-16(2)3)30(27,28)15-17-7-6-8-20(11-17)29-4/h6-8,11-12,16,18H,5,9-10,13-15H2,1-4H3. The van der Waals surface area contributed by atoms with Crippen molar-refractivity contribution >= 4 is 15.7 Å². The van der Waals surface area contributed by atoms with Crippen molar-refractivity contribution in [3.05, 3.63) is 41.7 Å². The Labute approximate surface area is 179 Å². The number of rotatable bonds is 10. The van der Waals surface area contributed by atoms with Gasteiger partial charge in [0.2, 0.25) is 20.9 Å². The van der Waals surface area contributed by atoms with Crippen LogP contribution in [0.4, 0.5) is 0 Å². The number of carbonyl (C=O) groups is 1. The number of nitrogens with zero attached hydrogens (tertiary/aromatic N) is 3. The second-order valence-electron chi connectivity index (χ2n) is 8.27. The average molecular weight is 434 g/mol. The maximum Gasteiger partial charge on any atom is 0.228 e. The fraction of sp³-hybridized carbons (Fsp3) is 0.545. The van der Waals surface area contributed by atoms with E-state index in [1.54, 1.807) is 47.0 Å². The maximum absolute atomic E-state index is 13.2. The fourth-order valence-corrected chi connectivity index (χ4v) is 4.99. The van der Waals surface area contributed by atoms with Gasteiger partial charge in [-0.05, 0) is 43.4 Å². The van der Waals surface area contributed by atoms with Crippen LogP contribution in [0.5, 0.6) is 5.75 Å². The monoisotopic (exact) mass is 433 g/mol. The van der Waals surface area contributed by atoms with E-state index in [0.29, 0.717) is 30.9 Å². The van der Waals surface area contributed by atoms with Crippen LogP contribution in [0.2, 0.25) is 0 Å². The second-order valence-corrected chi connectivity index (χ2v) is 10.2. The van der Waals surface area contributed by atoms with Gasteiger partial charge in [0.05, 0.1) is 31.3 Å².